The molecule has 1 aromatic rings. The van der Waals surface area contributed by atoms with Crippen molar-refractivity contribution in [3.05, 3.63) is 35.4 Å². The third kappa shape index (κ3) is 5.64. The van der Waals surface area contributed by atoms with Gasteiger partial charge in [0.25, 0.3) is 0 Å². The smallest absolute Gasteiger partial charge is 0.216 e. The average Bonchev–Trinajstić information content (AvgIpc) is 2.44. The van der Waals surface area contributed by atoms with Gasteiger partial charge in [0, 0.05) is 12.1 Å². The topological polar surface area (TPSA) is 96.0 Å². The van der Waals surface area contributed by atoms with Crippen LogP contribution in [0.1, 0.15) is 37.8 Å². The Bertz CT molecular complexity index is 584. The van der Waals surface area contributed by atoms with E-state index in [1.54, 1.807) is 24.3 Å². The predicted molar refractivity (Wildman–Crippen MR) is 86.5 cm³/mol. The molecule has 1 rings (SSSR count). The largest absolute Gasteiger partial charge is 0.329 e. The van der Waals surface area contributed by atoms with Crippen molar-refractivity contribution in [1.29, 1.82) is 5.26 Å². The van der Waals surface area contributed by atoms with Crippen molar-refractivity contribution < 1.29 is 8.42 Å². The fourth-order valence-corrected chi connectivity index (χ4v) is 3.76. The van der Waals surface area contributed by atoms with E-state index in [0.717, 1.165) is 0 Å². The minimum atomic E-state index is -3.49. The number of benzene rings is 1. The van der Waals surface area contributed by atoms with Gasteiger partial charge in [-0.15, -0.1) is 12.4 Å². The van der Waals surface area contributed by atoms with E-state index in [-0.39, 0.29) is 24.7 Å². The molecule has 0 saturated carbocycles. The summed E-state index contributed by atoms with van der Waals surface area (Å²) < 4.78 is 27.2. The van der Waals surface area contributed by atoms with Crippen LogP contribution in [0, 0.1) is 11.3 Å². The van der Waals surface area contributed by atoms with Gasteiger partial charge < -0.3 is 5.73 Å². The van der Waals surface area contributed by atoms with Crippen molar-refractivity contribution in [3.8, 4) is 6.07 Å². The molecule has 118 valence electrons. The maximum absolute atomic E-state index is 12.2. The van der Waals surface area contributed by atoms with Crippen molar-refractivity contribution in [2.45, 2.75) is 38.0 Å². The molecular weight excluding hydrogens is 310 g/mol. The molecule has 5 nitrogen and oxygen atoms in total. The molecular formula is C14H22ClN3O2S. The van der Waals surface area contributed by atoms with Gasteiger partial charge >= 0.3 is 0 Å². The molecule has 0 aliphatic carbocycles. The van der Waals surface area contributed by atoms with E-state index in [1.165, 1.54) is 0 Å². The summed E-state index contributed by atoms with van der Waals surface area (Å²) in [6.45, 7) is 4.09. The van der Waals surface area contributed by atoms with Crippen LogP contribution in [-0.4, -0.2) is 20.5 Å². The Hall–Kier alpha value is -1.13. The van der Waals surface area contributed by atoms with Crippen LogP contribution in [0.3, 0.4) is 0 Å². The van der Waals surface area contributed by atoms with Crippen LogP contribution in [0.4, 0.5) is 0 Å². The minimum Gasteiger partial charge on any atom is -0.329 e. The van der Waals surface area contributed by atoms with E-state index in [1.807, 2.05) is 19.9 Å². The van der Waals surface area contributed by atoms with Gasteiger partial charge in [-0.05, 0) is 30.5 Å². The molecule has 0 fully saturated rings. The summed E-state index contributed by atoms with van der Waals surface area (Å²) >= 11 is 0. The first-order valence-corrected chi connectivity index (χ1v) is 8.26. The lowest BCUT2D eigenvalue weighted by molar-refractivity contribution is 0.363. The van der Waals surface area contributed by atoms with E-state index in [4.69, 9.17) is 11.0 Å². The monoisotopic (exact) mass is 331 g/mol. The number of nitrogens with one attached hydrogen (secondary N) is 1. The quantitative estimate of drug-likeness (QED) is 0.797. The van der Waals surface area contributed by atoms with Crippen LogP contribution in [0.2, 0.25) is 0 Å². The molecule has 0 bridgehead atoms. The maximum Gasteiger partial charge on any atom is 0.216 e. The molecule has 0 saturated heterocycles. The van der Waals surface area contributed by atoms with Crippen LogP contribution in [0.25, 0.3) is 0 Å². The van der Waals surface area contributed by atoms with Crippen molar-refractivity contribution in [1.82, 2.24) is 4.72 Å². The van der Waals surface area contributed by atoms with Gasteiger partial charge in [-0.3, -0.25) is 0 Å². The standard InChI is InChI=1S/C14H21N3O2S.ClH/c1-3-14(4-2,11-16)17-20(18,19)10-13-7-5-6-12(8-13)9-15;/h5-8,17H,3-4,10-11,16H2,1-2H3;1H. The molecule has 0 radical (unpaired) electrons. The van der Waals surface area contributed by atoms with E-state index in [2.05, 4.69) is 4.72 Å². The molecule has 0 aliphatic heterocycles. The van der Waals surface area contributed by atoms with Crippen LogP contribution in [0.5, 0.6) is 0 Å². The lowest BCUT2D eigenvalue weighted by atomic mass is 9.95. The highest BCUT2D eigenvalue weighted by atomic mass is 35.5. The first-order chi connectivity index (χ1) is 9.40. The number of nitrogens with two attached hydrogens (primary N) is 1. The van der Waals surface area contributed by atoms with Crippen LogP contribution in [0.15, 0.2) is 24.3 Å². The molecule has 7 heteroatoms. The van der Waals surface area contributed by atoms with Gasteiger partial charge in [0.15, 0.2) is 0 Å². The van der Waals surface area contributed by atoms with Gasteiger partial charge in [-0.2, -0.15) is 5.26 Å². The molecule has 1 aromatic carbocycles. The molecule has 0 unspecified atom stereocenters. The number of hydrogen-bond donors (Lipinski definition) is 2. The molecule has 0 atom stereocenters. The van der Waals surface area contributed by atoms with Crippen molar-refractivity contribution >= 4 is 22.4 Å². The molecule has 0 amide bonds. The Kier molecular flexibility index (Phi) is 7.90. The highest BCUT2D eigenvalue weighted by Gasteiger charge is 2.29. The SMILES string of the molecule is CCC(CC)(CN)NS(=O)(=O)Cc1cccc(C#N)c1.Cl. The molecule has 0 aromatic heterocycles. The van der Waals surface area contributed by atoms with Crippen LogP contribution in [-0.2, 0) is 15.8 Å². The van der Waals surface area contributed by atoms with E-state index in [0.29, 0.717) is 24.0 Å². The average molecular weight is 332 g/mol. The maximum atomic E-state index is 12.2. The number of hydrogen-bond acceptors (Lipinski definition) is 4. The fourth-order valence-electron chi connectivity index (χ4n) is 2.04. The van der Waals surface area contributed by atoms with Gasteiger partial charge in [0.2, 0.25) is 10.0 Å². The molecule has 3 N–H and O–H groups in total. The van der Waals surface area contributed by atoms with E-state index >= 15 is 0 Å². The molecule has 0 aliphatic rings. The summed E-state index contributed by atoms with van der Waals surface area (Å²) in [4.78, 5) is 0. The van der Waals surface area contributed by atoms with Gasteiger partial charge in [-0.1, -0.05) is 26.0 Å². The van der Waals surface area contributed by atoms with Crippen LogP contribution < -0.4 is 10.5 Å². The molecule has 0 spiro atoms. The molecule has 21 heavy (non-hydrogen) atoms. The minimum absolute atomic E-state index is 0. The fraction of sp³-hybridized carbons (Fsp3) is 0.500. The second kappa shape index (κ2) is 8.35. The van der Waals surface area contributed by atoms with E-state index in [9.17, 15) is 8.42 Å². The zero-order chi connectivity index (χ0) is 15.2. The van der Waals surface area contributed by atoms with Gasteiger partial charge in [0.05, 0.1) is 17.4 Å². The lowest BCUT2D eigenvalue weighted by Gasteiger charge is -2.31. The summed E-state index contributed by atoms with van der Waals surface area (Å²) in [7, 11) is -3.49. The highest BCUT2D eigenvalue weighted by Crippen LogP contribution is 2.17. The zero-order valence-electron chi connectivity index (χ0n) is 12.3. The third-order valence-electron chi connectivity index (χ3n) is 3.53. The van der Waals surface area contributed by atoms with Gasteiger partial charge in [-0.25, -0.2) is 13.1 Å². The summed E-state index contributed by atoms with van der Waals surface area (Å²) in [6, 6.07) is 8.61. The summed E-state index contributed by atoms with van der Waals surface area (Å²) in [5, 5.41) is 8.83. The zero-order valence-corrected chi connectivity index (χ0v) is 13.9. The number of nitrogens with zero attached hydrogens (tertiary/aromatic N) is 1. The Morgan fingerprint density at radius 3 is 2.43 bits per heavy atom. The first kappa shape index (κ1) is 19.9. The Balaban J connectivity index is 0.00000400. The molecule has 0 heterocycles. The lowest BCUT2D eigenvalue weighted by Crippen LogP contribution is -2.53. The summed E-state index contributed by atoms with van der Waals surface area (Å²) in [5.41, 5.74) is 6.16. The second-order valence-electron chi connectivity index (χ2n) is 4.86. The highest BCUT2D eigenvalue weighted by molar-refractivity contribution is 7.88. The number of sulfonamides is 1. The number of rotatable bonds is 7. The van der Waals surface area contributed by atoms with Crippen molar-refractivity contribution in [3.63, 3.8) is 0 Å². The third-order valence-corrected chi connectivity index (χ3v) is 4.99. The summed E-state index contributed by atoms with van der Waals surface area (Å²) in [5.74, 6) is -0.149. The summed E-state index contributed by atoms with van der Waals surface area (Å²) in [6.07, 6.45) is 1.27. The number of nitriles is 1. The Morgan fingerprint density at radius 2 is 1.95 bits per heavy atom. The van der Waals surface area contributed by atoms with Gasteiger partial charge in [0.1, 0.15) is 0 Å². The van der Waals surface area contributed by atoms with Crippen molar-refractivity contribution in [2.75, 3.05) is 6.54 Å². The second-order valence-corrected chi connectivity index (χ2v) is 6.59. The van der Waals surface area contributed by atoms with Crippen molar-refractivity contribution in [2.24, 2.45) is 5.73 Å². The normalized spacial score (nSPS) is 11.5. The predicted octanol–water partition coefficient (Wildman–Crippen LogP) is 1.92. The first-order valence-electron chi connectivity index (χ1n) is 6.61. The van der Waals surface area contributed by atoms with E-state index < -0.39 is 15.6 Å². The Morgan fingerprint density at radius 1 is 1.33 bits per heavy atom. The van der Waals surface area contributed by atoms with Crippen LogP contribution >= 0.6 is 12.4 Å². The number of halogens is 1. The Labute approximate surface area is 133 Å².